The lowest BCUT2D eigenvalue weighted by Crippen LogP contribution is -2.21. The summed E-state index contributed by atoms with van der Waals surface area (Å²) in [5, 5.41) is 14.5. The predicted octanol–water partition coefficient (Wildman–Crippen LogP) is 2.15. The summed E-state index contributed by atoms with van der Waals surface area (Å²) in [6.45, 7) is 2.67. The standard InChI is InChI=1S/C15H26N6/c1-21(2)11-10-16-14-12-18-20-15(19-14)17-9-8-13-6-4-3-5-7-13/h6,12H,3-5,7-11H2,1-2H3,(H2,16,17,19,20). The van der Waals surface area contributed by atoms with Crippen molar-refractivity contribution in [2.45, 2.75) is 32.1 Å². The number of likely N-dealkylation sites (N-methyl/N-ethyl adjacent to an activating group) is 1. The summed E-state index contributed by atoms with van der Waals surface area (Å²) >= 11 is 0. The van der Waals surface area contributed by atoms with E-state index in [1.165, 1.54) is 25.7 Å². The van der Waals surface area contributed by atoms with Crippen LogP contribution in [0.4, 0.5) is 11.8 Å². The molecule has 1 aromatic rings. The minimum atomic E-state index is 0.598. The largest absolute Gasteiger partial charge is 0.367 e. The van der Waals surface area contributed by atoms with Crippen LogP contribution in [0.5, 0.6) is 0 Å². The number of anilines is 2. The van der Waals surface area contributed by atoms with E-state index in [1.54, 1.807) is 11.8 Å². The van der Waals surface area contributed by atoms with Gasteiger partial charge in [-0.2, -0.15) is 10.1 Å². The molecule has 0 bridgehead atoms. The Balaban J connectivity index is 1.73. The quantitative estimate of drug-likeness (QED) is 0.715. The SMILES string of the molecule is CN(C)CCNc1cnnc(NCCC2=CCCCC2)n1. The summed E-state index contributed by atoms with van der Waals surface area (Å²) in [5.74, 6) is 1.37. The van der Waals surface area contributed by atoms with Crippen molar-refractivity contribution in [3.05, 3.63) is 17.8 Å². The van der Waals surface area contributed by atoms with Gasteiger partial charge in [-0.15, -0.1) is 5.10 Å². The third-order valence-electron chi connectivity index (χ3n) is 3.54. The Labute approximate surface area is 127 Å². The molecule has 0 amide bonds. The maximum absolute atomic E-state index is 4.42. The van der Waals surface area contributed by atoms with E-state index in [9.17, 15) is 0 Å². The molecule has 0 saturated heterocycles. The van der Waals surface area contributed by atoms with Gasteiger partial charge in [0.15, 0.2) is 5.82 Å². The highest BCUT2D eigenvalue weighted by Crippen LogP contribution is 2.19. The molecule has 1 aromatic heterocycles. The maximum Gasteiger partial charge on any atom is 0.244 e. The van der Waals surface area contributed by atoms with E-state index in [0.717, 1.165) is 31.9 Å². The number of allylic oxidation sites excluding steroid dienone is 1. The highest BCUT2D eigenvalue weighted by molar-refractivity contribution is 5.36. The van der Waals surface area contributed by atoms with Gasteiger partial charge in [0.2, 0.25) is 5.95 Å². The zero-order valence-corrected chi connectivity index (χ0v) is 13.1. The molecule has 1 aliphatic carbocycles. The van der Waals surface area contributed by atoms with Crippen LogP contribution >= 0.6 is 0 Å². The van der Waals surface area contributed by atoms with Crippen molar-refractivity contribution in [2.75, 3.05) is 44.4 Å². The molecule has 0 atom stereocenters. The van der Waals surface area contributed by atoms with Crippen molar-refractivity contribution in [2.24, 2.45) is 0 Å². The van der Waals surface area contributed by atoms with E-state index in [0.29, 0.717) is 5.95 Å². The molecule has 116 valence electrons. The van der Waals surface area contributed by atoms with Gasteiger partial charge < -0.3 is 15.5 Å². The molecule has 0 radical (unpaired) electrons. The first-order chi connectivity index (χ1) is 10.2. The van der Waals surface area contributed by atoms with Gasteiger partial charge in [0, 0.05) is 19.6 Å². The van der Waals surface area contributed by atoms with E-state index in [2.05, 4.69) is 36.8 Å². The second-order valence-electron chi connectivity index (χ2n) is 5.68. The molecular weight excluding hydrogens is 264 g/mol. The first kappa shape index (κ1) is 15.7. The van der Waals surface area contributed by atoms with Crippen LogP contribution in [0.15, 0.2) is 17.8 Å². The van der Waals surface area contributed by atoms with E-state index in [-0.39, 0.29) is 0 Å². The minimum Gasteiger partial charge on any atom is -0.367 e. The molecule has 21 heavy (non-hydrogen) atoms. The highest BCUT2D eigenvalue weighted by atomic mass is 15.3. The third-order valence-corrected chi connectivity index (χ3v) is 3.54. The van der Waals surface area contributed by atoms with E-state index >= 15 is 0 Å². The summed E-state index contributed by atoms with van der Waals surface area (Å²) in [4.78, 5) is 6.54. The van der Waals surface area contributed by atoms with Crippen LogP contribution in [-0.4, -0.2) is 53.8 Å². The normalized spacial score (nSPS) is 14.9. The third kappa shape index (κ3) is 6.08. The molecule has 0 fully saturated rings. The molecule has 1 heterocycles. The summed E-state index contributed by atoms with van der Waals surface area (Å²) in [5.41, 5.74) is 1.56. The lowest BCUT2D eigenvalue weighted by molar-refractivity contribution is 0.425. The minimum absolute atomic E-state index is 0.598. The number of rotatable bonds is 8. The topological polar surface area (TPSA) is 66.0 Å². The lowest BCUT2D eigenvalue weighted by atomic mass is 9.97. The molecule has 0 aliphatic heterocycles. The van der Waals surface area contributed by atoms with Gasteiger partial charge >= 0.3 is 0 Å². The molecule has 6 heteroatoms. The average molecular weight is 290 g/mol. The number of hydrogen-bond acceptors (Lipinski definition) is 6. The second kappa shape index (κ2) is 8.56. The van der Waals surface area contributed by atoms with Crippen molar-refractivity contribution in [1.29, 1.82) is 0 Å². The number of hydrogen-bond donors (Lipinski definition) is 2. The Bertz CT molecular complexity index is 457. The van der Waals surface area contributed by atoms with Gasteiger partial charge in [0.05, 0.1) is 6.20 Å². The van der Waals surface area contributed by atoms with Crippen molar-refractivity contribution < 1.29 is 0 Å². The highest BCUT2D eigenvalue weighted by Gasteiger charge is 2.04. The average Bonchev–Trinajstić information content (AvgIpc) is 2.48. The van der Waals surface area contributed by atoms with Crippen LogP contribution in [-0.2, 0) is 0 Å². The van der Waals surface area contributed by atoms with Crippen molar-refractivity contribution in [3.8, 4) is 0 Å². The van der Waals surface area contributed by atoms with Crippen molar-refractivity contribution in [3.63, 3.8) is 0 Å². The molecule has 0 spiro atoms. The summed E-state index contributed by atoms with van der Waals surface area (Å²) < 4.78 is 0. The molecule has 0 unspecified atom stereocenters. The molecule has 2 rings (SSSR count). The van der Waals surface area contributed by atoms with Gasteiger partial charge in [-0.05, 0) is 46.2 Å². The van der Waals surface area contributed by atoms with Crippen molar-refractivity contribution in [1.82, 2.24) is 20.1 Å². The fourth-order valence-electron chi connectivity index (χ4n) is 2.34. The summed E-state index contributed by atoms with van der Waals surface area (Å²) in [6, 6.07) is 0. The van der Waals surface area contributed by atoms with E-state index in [4.69, 9.17) is 0 Å². The van der Waals surface area contributed by atoms with Crippen LogP contribution in [0.3, 0.4) is 0 Å². The summed E-state index contributed by atoms with van der Waals surface area (Å²) in [6.07, 6.45) is 10.3. The number of aromatic nitrogens is 3. The monoisotopic (exact) mass is 290 g/mol. The zero-order chi connectivity index (χ0) is 14.9. The predicted molar refractivity (Wildman–Crippen MR) is 86.5 cm³/mol. The second-order valence-corrected chi connectivity index (χ2v) is 5.68. The molecule has 0 aromatic carbocycles. The van der Waals surface area contributed by atoms with Gasteiger partial charge in [-0.1, -0.05) is 11.6 Å². The van der Waals surface area contributed by atoms with Gasteiger partial charge in [0.1, 0.15) is 0 Å². The van der Waals surface area contributed by atoms with Crippen molar-refractivity contribution >= 4 is 11.8 Å². The van der Waals surface area contributed by atoms with Crippen LogP contribution in [0.1, 0.15) is 32.1 Å². The Morgan fingerprint density at radius 2 is 2.10 bits per heavy atom. The summed E-state index contributed by atoms with van der Waals surface area (Å²) in [7, 11) is 4.10. The number of nitrogens with zero attached hydrogens (tertiary/aromatic N) is 4. The van der Waals surface area contributed by atoms with Gasteiger partial charge in [-0.3, -0.25) is 0 Å². The van der Waals surface area contributed by atoms with Crippen LogP contribution in [0.25, 0.3) is 0 Å². The molecular formula is C15H26N6. The van der Waals surface area contributed by atoms with E-state index in [1.807, 2.05) is 14.1 Å². The number of nitrogens with one attached hydrogen (secondary N) is 2. The first-order valence-corrected chi connectivity index (χ1v) is 7.74. The van der Waals surface area contributed by atoms with Gasteiger partial charge in [0.25, 0.3) is 0 Å². The maximum atomic E-state index is 4.42. The fraction of sp³-hybridized carbons (Fsp3) is 0.667. The smallest absolute Gasteiger partial charge is 0.244 e. The Morgan fingerprint density at radius 1 is 1.19 bits per heavy atom. The molecule has 6 nitrogen and oxygen atoms in total. The zero-order valence-electron chi connectivity index (χ0n) is 13.1. The molecule has 2 N–H and O–H groups in total. The van der Waals surface area contributed by atoms with Crippen LogP contribution in [0.2, 0.25) is 0 Å². The van der Waals surface area contributed by atoms with Gasteiger partial charge in [-0.25, -0.2) is 0 Å². The van der Waals surface area contributed by atoms with Crippen LogP contribution in [0, 0.1) is 0 Å². The lowest BCUT2D eigenvalue weighted by Gasteiger charge is -2.13. The molecule has 0 saturated carbocycles. The first-order valence-electron chi connectivity index (χ1n) is 7.74. The fourth-order valence-corrected chi connectivity index (χ4v) is 2.34. The van der Waals surface area contributed by atoms with Crippen LogP contribution < -0.4 is 10.6 Å². The Hall–Kier alpha value is -1.69. The molecule has 1 aliphatic rings. The Kier molecular flexibility index (Phi) is 6.40. The van der Waals surface area contributed by atoms with E-state index < -0.39 is 0 Å². The Morgan fingerprint density at radius 3 is 2.86 bits per heavy atom.